The quantitative estimate of drug-likeness (QED) is 0.678. The number of hydrogen-bond donors (Lipinski definition) is 2. The van der Waals surface area contributed by atoms with Gasteiger partial charge in [-0.2, -0.15) is 0 Å². The van der Waals surface area contributed by atoms with Gasteiger partial charge in [0.05, 0.1) is 6.10 Å². The molecule has 3 heteroatoms. The third-order valence-corrected chi connectivity index (χ3v) is 2.66. The number of H-pyrrole nitrogens is 1. The van der Waals surface area contributed by atoms with Crippen LogP contribution in [0, 0.1) is 0 Å². The standard InChI is InChI=1S/C11H16N2O/c1-14-9-2-3-11-10(6-9)8(4-5-12)7-13-11/h3,6-7,9,13H,2,4-5,12H2,1H3. The van der Waals surface area contributed by atoms with E-state index in [1.807, 2.05) is 6.20 Å². The predicted octanol–water partition coefficient (Wildman–Crippen LogP) is -0.504. The molecule has 1 aliphatic rings. The van der Waals surface area contributed by atoms with Crippen molar-refractivity contribution in [1.82, 2.24) is 4.98 Å². The van der Waals surface area contributed by atoms with Gasteiger partial charge in [0.15, 0.2) is 0 Å². The van der Waals surface area contributed by atoms with Gasteiger partial charge < -0.3 is 15.5 Å². The lowest BCUT2D eigenvalue weighted by Crippen LogP contribution is -2.32. The maximum Gasteiger partial charge on any atom is 0.0796 e. The molecule has 0 aromatic carbocycles. The van der Waals surface area contributed by atoms with Gasteiger partial charge in [0.2, 0.25) is 0 Å². The molecular formula is C11H16N2O. The van der Waals surface area contributed by atoms with E-state index in [0.29, 0.717) is 6.54 Å². The van der Waals surface area contributed by atoms with Crippen LogP contribution < -0.4 is 16.3 Å². The lowest BCUT2D eigenvalue weighted by Gasteiger charge is -2.10. The fourth-order valence-corrected chi connectivity index (χ4v) is 1.87. The molecule has 0 saturated heterocycles. The number of nitrogens with one attached hydrogen (secondary N) is 1. The monoisotopic (exact) mass is 192 g/mol. The Hall–Kier alpha value is -1.06. The molecule has 3 nitrogen and oxygen atoms in total. The fraction of sp³-hybridized carbons (Fsp3) is 0.455. The summed E-state index contributed by atoms with van der Waals surface area (Å²) in [5, 5.41) is 2.48. The van der Waals surface area contributed by atoms with E-state index in [-0.39, 0.29) is 6.10 Å². The minimum atomic E-state index is 0.217. The molecule has 14 heavy (non-hydrogen) atoms. The molecule has 0 aliphatic heterocycles. The Bertz CT molecular complexity index is 419. The Balaban J connectivity index is 2.45. The van der Waals surface area contributed by atoms with E-state index in [4.69, 9.17) is 10.5 Å². The Kier molecular flexibility index (Phi) is 2.70. The second kappa shape index (κ2) is 3.98. The average Bonchev–Trinajstić information content (AvgIpc) is 2.61. The summed E-state index contributed by atoms with van der Waals surface area (Å²) in [5.74, 6) is 0. The van der Waals surface area contributed by atoms with Crippen LogP contribution in [0.5, 0.6) is 0 Å². The van der Waals surface area contributed by atoms with E-state index >= 15 is 0 Å². The van der Waals surface area contributed by atoms with Crippen LogP contribution >= 0.6 is 0 Å². The van der Waals surface area contributed by atoms with Gasteiger partial charge in [-0.05, 0) is 31.0 Å². The van der Waals surface area contributed by atoms with Gasteiger partial charge in [-0.25, -0.2) is 0 Å². The second-order valence-corrected chi connectivity index (χ2v) is 3.56. The molecule has 1 unspecified atom stereocenters. The Morgan fingerprint density at radius 3 is 3.21 bits per heavy atom. The highest BCUT2D eigenvalue weighted by Gasteiger charge is 2.08. The van der Waals surface area contributed by atoms with Crippen molar-refractivity contribution in [3.63, 3.8) is 0 Å². The molecule has 3 N–H and O–H groups in total. The second-order valence-electron chi connectivity index (χ2n) is 3.56. The summed E-state index contributed by atoms with van der Waals surface area (Å²) in [6.45, 7) is 0.690. The molecule has 1 heterocycles. The van der Waals surface area contributed by atoms with E-state index in [1.54, 1.807) is 7.11 Å². The highest BCUT2D eigenvalue weighted by molar-refractivity contribution is 5.43. The molecule has 0 fully saturated rings. The van der Waals surface area contributed by atoms with Crippen LogP contribution in [0.25, 0.3) is 12.2 Å². The lowest BCUT2D eigenvalue weighted by molar-refractivity contribution is 0.157. The number of methoxy groups -OCH3 is 1. The maximum atomic E-state index is 5.55. The largest absolute Gasteiger partial charge is 0.377 e. The first kappa shape index (κ1) is 9.49. The summed E-state index contributed by atoms with van der Waals surface area (Å²) in [7, 11) is 1.75. The Labute approximate surface area is 83.3 Å². The van der Waals surface area contributed by atoms with E-state index in [1.165, 1.54) is 16.1 Å². The van der Waals surface area contributed by atoms with Crippen molar-refractivity contribution in [2.45, 2.75) is 18.9 Å². The molecular weight excluding hydrogens is 176 g/mol. The zero-order chi connectivity index (χ0) is 9.97. The molecule has 1 aromatic rings. The van der Waals surface area contributed by atoms with Crippen LogP contribution in [0.4, 0.5) is 0 Å². The first-order chi connectivity index (χ1) is 6.85. The normalized spacial score (nSPS) is 19.7. The van der Waals surface area contributed by atoms with Gasteiger partial charge in [-0.1, -0.05) is 6.08 Å². The number of hydrogen-bond acceptors (Lipinski definition) is 2. The molecule has 1 aromatic heterocycles. The molecule has 0 amide bonds. The molecule has 1 aliphatic carbocycles. The van der Waals surface area contributed by atoms with Crippen LogP contribution in [0.3, 0.4) is 0 Å². The van der Waals surface area contributed by atoms with Gasteiger partial charge in [-0.3, -0.25) is 0 Å². The zero-order valence-corrected chi connectivity index (χ0v) is 8.42. The zero-order valence-electron chi connectivity index (χ0n) is 8.42. The summed E-state index contributed by atoms with van der Waals surface area (Å²) in [6.07, 6.45) is 8.50. The lowest BCUT2D eigenvalue weighted by atomic mass is 10.1. The molecule has 76 valence electrons. The van der Waals surface area contributed by atoms with Crippen LogP contribution in [-0.2, 0) is 11.2 Å². The Morgan fingerprint density at radius 1 is 1.64 bits per heavy atom. The summed E-state index contributed by atoms with van der Waals surface area (Å²) >= 11 is 0. The Morgan fingerprint density at radius 2 is 2.50 bits per heavy atom. The fourth-order valence-electron chi connectivity index (χ4n) is 1.87. The van der Waals surface area contributed by atoms with Crippen molar-refractivity contribution in [2.75, 3.05) is 13.7 Å². The SMILES string of the molecule is COC1C=c2c(CCN)c[nH]c2=CC1. The van der Waals surface area contributed by atoms with Crippen molar-refractivity contribution in [2.24, 2.45) is 5.73 Å². The van der Waals surface area contributed by atoms with Crippen molar-refractivity contribution >= 4 is 12.2 Å². The highest BCUT2D eigenvalue weighted by atomic mass is 16.5. The first-order valence-corrected chi connectivity index (χ1v) is 4.96. The number of rotatable bonds is 3. The third-order valence-electron chi connectivity index (χ3n) is 2.66. The van der Waals surface area contributed by atoms with E-state index in [0.717, 1.165) is 12.8 Å². The number of nitrogens with two attached hydrogens (primary N) is 1. The van der Waals surface area contributed by atoms with Crippen molar-refractivity contribution in [1.29, 1.82) is 0 Å². The summed E-state index contributed by atoms with van der Waals surface area (Å²) in [5.41, 5.74) is 6.84. The topological polar surface area (TPSA) is 51.0 Å². The van der Waals surface area contributed by atoms with E-state index in [9.17, 15) is 0 Å². The smallest absolute Gasteiger partial charge is 0.0796 e. The molecule has 0 saturated carbocycles. The number of aromatic nitrogens is 1. The summed E-state index contributed by atoms with van der Waals surface area (Å²) in [4.78, 5) is 3.26. The third kappa shape index (κ3) is 1.61. The summed E-state index contributed by atoms with van der Waals surface area (Å²) in [6, 6.07) is 0. The number of ether oxygens (including phenoxy) is 1. The van der Waals surface area contributed by atoms with E-state index < -0.39 is 0 Å². The first-order valence-electron chi connectivity index (χ1n) is 4.96. The van der Waals surface area contributed by atoms with Crippen LogP contribution in [0.15, 0.2) is 6.20 Å². The van der Waals surface area contributed by atoms with Crippen LogP contribution in [0.1, 0.15) is 12.0 Å². The number of fused-ring (bicyclic) bond motifs is 1. The summed E-state index contributed by atoms with van der Waals surface area (Å²) < 4.78 is 5.32. The minimum absolute atomic E-state index is 0.217. The molecule has 0 spiro atoms. The minimum Gasteiger partial charge on any atom is -0.377 e. The van der Waals surface area contributed by atoms with Gasteiger partial charge in [0.25, 0.3) is 0 Å². The van der Waals surface area contributed by atoms with Crippen molar-refractivity contribution < 1.29 is 4.74 Å². The highest BCUT2D eigenvalue weighted by Crippen LogP contribution is 2.03. The van der Waals surface area contributed by atoms with Gasteiger partial charge >= 0.3 is 0 Å². The maximum absolute atomic E-state index is 5.55. The van der Waals surface area contributed by atoms with Gasteiger partial charge in [0.1, 0.15) is 0 Å². The van der Waals surface area contributed by atoms with Crippen LogP contribution in [0.2, 0.25) is 0 Å². The van der Waals surface area contributed by atoms with Gasteiger partial charge in [-0.15, -0.1) is 0 Å². The van der Waals surface area contributed by atoms with Crippen molar-refractivity contribution in [3.8, 4) is 0 Å². The van der Waals surface area contributed by atoms with Crippen molar-refractivity contribution in [3.05, 3.63) is 22.3 Å². The van der Waals surface area contributed by atoms with Gasteiger partial charge in [0, 0.05) is 23.9 Å². The number of aromatic amines is 1. The molecule has 0 radical (unpaired) electrons. The molecule has 2 rings (SSSR count). The molecule has 1 atom stereocenters. The van der Waals surface area contributed by atoms with Crippen LogP contribution in [-0.4, -0.2) is 24.7 Å². The van der Waals surface area contributed by atoms with E-state index in [2.05, 4.69) is 17.1 Å². The predicted molar refractivity (Wildman–Crippen MR) is 57.1 cm³/mol. The molecule has 0 bridgehead atoms. The average molecular weight is 192 g/mol.